The van der Waals surface area contributed by atoms with E-state index >= 15 is 0 Å². The van der Waals surface area contributed by atoms with E-state index in [2.05, 4.69) is 34.8 Å². The number of guanidine groups is 1. The molecule has 0 saturated heterocycles. The van der Waals surface area contributed by atoms with Crippen molar-refractivity contribution < 1.29 is 4.79 Å². The topological polar surface area (TPSA) is 65.5 Å². The van der Waals surface area contributed by atoms with Crippen molar-refractivity contribution in [2.75, 3.05) is 18.4 Å². The molecule has 3 rings (SSSR count). The van der Waals surface area contributed by atoms with E-state index < -0.39 is 0 Å². The Morgan fingerprint density at radius 3 is 1.88 bits per heavy atom. The molecular formula is C27H48N4O. The lowest BCUT2D eigenvalue weighted by Gasteiger charge is -2.15. The minimum Gasteiger partial charge on any atom is -0.356 e. The van der Waals surface area contributed by atoms with Crippen LogP contribution in [0, 0.1) is 0 Å². The Labute approximate surface area is 198 Å². The van der Waals surface area contributed by atoms with Crippen LogP contribution in [0.25, 0.3) is 0 Å². The summed E-state index contributed by atoms with van der Waals surface area (Å²) in [6.45, 7) is 14.0. The van der Waals surface area contributed by atoms with Crippen LogP contribution in [0.1, 0.15) is 86.0 Å². The van der Waals surface area contributed by atoms with Crippen molar-refractivity contribution in [3.05, 3.63) is 60.2 Å². The highest BCUT2D eigenvalue weighted by molar-refractivity contribution is 6.05. The number of rotatable bonds is 4. The molecule has 2 aromatic rings. The van der Waals surface area contributed by atoms with Gasteiger partial charge in [0.2, 0.25) is 0 Å². The summed E-state index contributed by atoms with van der Waals surface area (Å²) in [4.78, 5) is 16.4. The van der Waals surface area contributed by atoms with Crippen LogP contribution in [-0.2, 0) is 0 Å². The van der Waals surface area contributed by atoms with Gasteiger partial charge in [-0.05, 0) is 42.8 Å². The summed E-state index contributed by atoms with van der Waals surface area (Å²) in [5.74, 6) is 0.405. The van der Waals surface area contributed by atoms with E-state index in [0.717, 1.165) is 30.9 Å². The molecule has 0 aromatic heterocycles. The molecule has 1 aliphatic heterocycles. The Morgan fingerprint density at radius 1 is 0.875 bits per heavy atom. The molecular weight excluding hydrogens is 396 g/mol. The molecule has 0 radical (unpaired) electrons. The summed E-state index contributed by atoms with van der Waals surface area (Å²) >= 11 is 0. The Bertz CT molecular complexity index is 695. The second-order valence-corrected chi connectivity index (χ2v) is 6.03. The fourth-order valence-corrected chi connectivity index (χ4v) is 2.19. The number of anilines is 2. The van der Waals surface area contributed by atoms with Crippen LogP contribution >= 0.6 is 0 Å². The van der Waals surface area contributed by atoms with Gasteiger partial charge in [-0.2, -0.15) is 0 Å². The Balaban J connectivity index is -0.000000746. The maximum Gasteiger partial charge on any atom is 0.257 e. The molecule has 32 heavy (non-hydrogen) atoms. The standard InChI is InChI=1S/C17H18N4O.C4H10.2C2H6.2CH4/c22-16(21-17-18-11-4-12-19-17)13-7-9-15(10-8-13)20-14-5-2-1-3-6-14;1-3-4-2;2*1-2;;/h1-3,5-10,20H,4,11-12H2,(H2,18,19,21,22);3-4H2,1-2H3;2*1-2H3;2*1H4. The number of unbranched alkanes of at least 4 members (excludes halogenated alkanes) is 1. The van der Waals surface area contributed by atoms with Gasteiger partial charge in [0, 0.05) is 30.0 Å². The molecule has 182 valence electrons. The number of benzene rings is 2. The zero-order valence-electron chi connectivity index (χ0n) is 19.6. The number of nitrogens with one attached hydrogen (secondary N) is 3. The van der Waals surface area contributed by atoms with Crippen LogP contribution in [0.15, 0.2) is 59.6 Å². The Hall–Kier alpha value is -2.82. The second-order valence-electron chi connectivity index (χ2n) is 6.03. The molecule has 2 aromatic carbocycles. The maximum absolute atomic E-state index is 12.1. The van der Waals surface area contributed by atoms with Crippen LogP contribution < -0.4 is 16.0 Å². The van der Waals surface area contributed by atoms with Gasteiger partial charge in [0.05, 0.1) is 0 Å². The molecule has 1 heterocycles. The number of carbonyl (C=O) groups excluding carboxylic acids is 1. The zero-order valence-corrected chi connectivity index (χ0v) is 19.6. The van der Waals surface area contributed by atoms with Crippen LogP contribution in [0.3, 0.4) is 0 Å². The van der Waals surface area contributed by atoms with Gasteiger partial charge in [0.1, 0.15) is 0 Å². The van der Waals surface area contributed by atoms with E-state index in [-0.39, 0.29) is 20.8 Å². The molecule has 1 aliphatic rings. The molecule has 0 bridgehead atoms. The predicted octanol–water partition coefficient (Wildman–Crippen LogP) is 7.64. The SMILES string of the molecule is C.C.CC.CC.CCCC.O=C(NC1=NCCCN1)c1ccc(Nc2ccccc2)cc1. The van der Waals surface area contributed by atoms with E-state index in [1.54, 1.807) is 12.1 Å². The van der Waals surface area contributed by atoms with Gasteiger partial charge < -0.3 is 10.6 Å². The third kappa shape index (κ3) is 14.2. The number of para-hydroxylation sites is 1. The van der Waals surface area contributed by atoms with Crippen LogP contribution in [-0.4, -0.2) is 25.0 Å². The largest absolute Gasteiger partial charge is 0.356 e. The van der Waals surface area contributed by atoms with Gasteiger partial charge >= 0.3 is 0 Å². The smallest absolute Gasteiger partial charge is 0.257 e. The van der Waals surface area contributed by atoms with Gasteiger partial charge in [-0.1, -0.05) is 87.4 Å². The Morgan fingerprint density at radius 2 is 1.41 bits per heavy atom. The van der Waals surface area contributed by atoms with Gasteiger partial charge in [-0.3, -0.25) is 15.1 Å². The first kappa shape index (κ1) is 33.8. The van der Waals surface area contributed by atoms with Gasteiger partial charge in [0.25, 0.3) is 5.91 Å². The molecule has 0 saturated carbocycles. The lowest BCUT2D eigenvalue weighted by atomic mass is 10.2. The molecule has 0 spiro atoms. The summed E-state index contributed by atoms with van der Waals surface area (Å²) in [5.41, 5.74) is 2.56. The minimum absolute atomic E-state index is 0. The molecule has 5 nitrogen and oxygen atoms in total. The van der Waals surface area contributed by atoms with Crippen LogP contribution in [0.2, 0.25) is 0 Å². The molecule has 0 aliphatic carbocycles. The van der Waals surface area contributed by atoms with Crippen molar-refractivity contribution in [1.82, 2.24) is 10.6 Å². The lowest BCUT2D eigenvalue weighted by molar-refractivity contribution is 0.0975. The monoisotopic (exact) mass is 444 g/mol. The van der Waals surface area contributed by atoms with Gasteiger partial charge in [-0.15, -0.1) is 0 Å². The number of hydrogen-bond donors (Lipinski definition) is 3. The summed E-state index contributed by atoms with van der Waals surface area (Å²) in [5, 5.41) is 9.14. The Kier molecular flexibility index (Phi) is 24.1. The summed E-state index contributed by atoms with van der Waals surface area (Å²) < 4.78 is 0. The van der Waals surface area contributed by atoms with Crippen molar-refractivity contribution in [3.63, 3.8) is 0 Å². The first-order chi connectivity index (χ1) is 14.7. The first-order valence-electron chi connectivity index (χ1n) is 11.2. The third-order valence-corrected chi connectivity index (χ3v) is 3.84. The number of carbonyl (C=O) groups is 1. The summed E-state index contributed by atoms with van der Waals surface area (Å²) in [7, 11) is 0. The fraction of sp³-hybridized carbons (Fsp3) is 0.481. The highest BCUT2D eigenvalue weighted by Crippen LogP contribution is 2.16. The minimum atomic E-state index is -0.153. The number of amides is 1. The normalized spacial score (nSPS) is 10.8. The van der Waals surface area contributed by atoms with E-state index in [4.69, 9.17) is 0 Å². The summed E-state index contributed by atoms with van der Waals surface area (Å²) in [6.07, 6.45) is 3.64. The van der Waals surface area contributed by atoms with Crippen LogP contribution in [0.4, 0.5) is 11.4 Å². The van der Waals surface area contributed by atoms with E-state index in [0.29, 0.717) is 11.5 Å². The van der Waals surface area contributed by atoms with E-state index in [1.807, 2.05) is 70.2 Å². The van der Waals surface area contributed by atoms with Crippen molar-refractivity contribution >= 4 is 23.2 Å². The average Bonchev–Trinajstić information content (AvgIpc) is 2.83. The fourth-order valence-electron chi connectivity index (χ4n) is 2.19. The molecule has 0 fully saturated rings. The molecule has 1 amide bonds. The van der Waals surface area contributed by atoms with Crippen molar-refractivity contribution in [1.29, 1.82) is 0 Å². The molecule has 3 N–H and O–H groups in total. The highest BCUT2D eigenvalue weighted by Gasteiger charge is 2.10. The highest BCUT2D eigenvalue weighted by atomic mass is 16.1. The molecule has 5 heteroatoms. The number of hydrogen-bond acceptors (Lipinski definition) is 4. The van der Waals surface area contributed by atoms with Gasteiger partial charge in [0.15, 0.2) is 5.96 Å². The number of nitrogens with zero attached hydrogens (tertiary/aromatic N) is 1. The van der Waals surface area contributed by atoms with Crippen molar-refractivity contribution in [2.45, 2.75) is 75.7 Å². The number of aliphatic imine (C=N–C) groups is 1. The second kappa shape index (κ2) is 22.9. The summed E-state index contributed by atoms with van der Waals surface area (Å²) in [6, 6.07) is 17.3. The predicted molar refractivity (Wildman–Crippen MR) is 145 cm³/mol. The maximum atomic E-state index is 12.1. The van der Waals surface area contributed by atoms with E-state index in [1.165, 1.54) is 12.8 Å². The lowest BCUT2D eigenvalue weighted by Crippen LogP contribution is -2.43. The zero-order chi connectivity index (χ0) is 22.6. The van der Waals surface area contributed by atoms with Crippen molar-refractivity contribution in [3.8, 4) is 0 Å². The quantitative estimate of drug-likeness (QED) is 0.454. The van der Waals surface area contributed by atoms with Crippen molar-refractivity contribution in [2.24, 2.45) is 4.99 Å². The average molecular weight is 445 g/mol. The molecule has 0 atom stereocenters. The van der Waals surface area contributed by atoms with Crippen LogP contribution in [0.5, 0.6) is 0 Å². The first-order valence-corrected chi connectivity index (χ1v) is 11.2. The van der Waals surface area contributed by atoms with E-state index in [9.17, 15) is 4.79 Å². The van der Waals surface area contributed by atoms with Gasteiger partial charge in [-0.25, -0.2) is 0 Å². The third-order valence-electron chi connectivity index (χ3n) is 3.84. The molecule has 0 unspecified atom stereocenters.